The third-order valence-corrected chi connectivity index (χ3v) is 8.66. The molecular weight excluding hydrogens is 566 g/mol. The van der Waals surface area contributed by atoms with Crippen LogP contribution in [0.25, 0.3) is 28.0 Å². The summed E-state index contributed by atoms with van der Waals surface area (Å²) in [6.07, 6.45) is 4.09. The Morgan fingerprint density at radius 3 is 2.66 bits per heavy atom. The summed E-state index contributed by atoms with van der Waals surface area (Å²) in [6.45, 7) is 12.4. The highest BCUT2D eigenvalue weighted by molar-refractivity contribution is 5.91. The molecule has 3 aromatic heterocycles. The van der Waals surface area contributed by atoms with Gasteiger partial charge >= 0.3 is 5.69 Å². The minimum Gasteiger partial charge on any atom is -0.493 e. The van der Waals surface area contributed by atoms with E-state index in [2.05, 4.69) is 16.5 Å². The van der Waals surface area contributed by atoms with Crippen molar-refractivity contribution in [3.05, 3.63) is 82.6 Å². The Bertz CT molecular complexity index is 1860. The molecule has 0 saturated carbocycles. The maximum Gasteiger partial charge on any atom is 0.355 e. The number of pyridine rings is 2. The Balaban J connectivity index is 1.69. The van der Waals surface area contributed by atoms with Crippen molar-refractivity contribution in [1.29, 1.82) is 0 Å². The lowest BCUT2D eigenvalue weighted by Crippen LogP contribution is -2.59. The molecule has 1 saturated heterocycles. The summed E-state index contributed by atoms with van der Waals surface area (Å²) in [7, 11) is 0. The Morgan fingerprint density at radius 1 is 1.11 bits per heavy atom. The molecule has 2 atom stereocenters. The summed E-state index contributed by atoms with van der Waals surface area (Å²) in [5, 5.41) is 0.286. The van der Waals surface area contributed by atoms with Crippen LogP contribution >= 0.6 is 0 Å². The standard InChI is InChI=1S/C33H34F2N6O3/c1-6-26(42)39-14-15-40(20(5)19(39)4)31-22-17-24(35)29-27-23(34)10-7-11-25(27)44-16-8-9-21-12-13-36-28(18(2)3)30(21)41(32(22)37-29)33(43)38-31/h6-7,10-13,17-20H,1,8-9,14-16H2,2-5H3/t19-,20+/m1/s1. The molecule has 5 heterocycles. The highest BCUT2D eigenvalue weighted by Crippen LogP contribution is 2.38. The van der Waals surface area contributed by atoms with Crippen molar-refractivity contribution in [1.82, 2.24) is 24.4 Å². The van der Waals surface area contributed by atoms with Gasteiger partial charge in [0.2, 0.25) is 5.91 Å². The van der Waals surface area contributed by atoms with Gasteiger partial charge in [0, 0.05) is 31.4 Å². The topological polar surface area (TPSA) is 93.5 Å². The number of benzene rings is 1. The molecule has 44 heavy (non-hydrogen) atoms. The van der Waals surface area contributed by atoms with Crippen LogP contribution in [-0.2, 0) is 11.2 Å². The number of halogens is 2. The minimum atomic E-state index is -0.783. The number of carbonyl (C=O) groups is 1. The fourth-order valence-corrected chi connectivity index (χ4v) is 6.27. The summed E-state index contributed by atoms with van der Waals surface area (Å²) < 4.78 is 38.9. The van der Waals surface area contributed by atoms with Crippen LogP contribution in [0.4, 0.5) is 14.6 Å². The molecular formula is C33H34F2N6O3. The number of hydrogen-bond donors (Lipinski definition) is 0. The van der Waals surface area contributed by atoms with Gasteiger partial charge in [0.25, 0.3) is 0 Å². The molecule has 2 aliphatic rings. The minimum absolute atomic E-state index is 0.0647. The molecule has 0 aliphatic carbocycles. The van der Waals surface area contributed by atoms with Crippen molar-refractivity contribution in [2.24, 2.45) is 0 Å². The normalized spacial score (nSPS) is 18.3. The van der Waals surface area contributed by atoms with E-state index in [9.17, 15) is 9.59 Å². The lowest BCUT2D eigenvalue weighted by atomic mass is 10.0. The summed E-state index contributed by atoms with van der Waals surface area (Å²) >= 11 is 0. The summed E-state index contributed by atoms with van der Waals surface area (Å²) in [5.74, 6) is -1.31. The van der Waals surface area contributed by atoms with E-state index in [1.807, 2.05) is 38.7 Å². The number of aromatic nitrogens is 4. The summed E-state index contributed by atoms with van der Waals surface area (Å²) in [5.41, 5.74) is 1.19. The smallest absolute Gasteiger partial charge is 0.355 e. The van der Waals surface area contributed by atoms with Crippen molar-refractivity contribution >= 4 is 22.8 Å². The first-order valence-electron chi connectivity index (χ1n) is 14.8. The number of amides is 1. The van der Waals surface area contributed by atoms with Crippen LogP contribution in [-0.4, -0.2) is 62.1 Å². The second-order valence-corrected chi connectivity index (χ2v) is 11.6. The zero-order valence-corrected chi connectivity index (χ0v) is 25.2. The maximum absolute atomic E-state index is 16.2. The van der Waals surface area contributed by atoms with E-state index in [0.717, 1.165) is 5.56 Å². The Hall–Kier alpha value is -4.67. The lowest BCUT2D eigenvalue weighted by Gasteiger charge is -2.45. The van der Waals surface area contributed by atoms with E-state index in [1.54, 1.807) is 17.2 Å². The molecule has 228 valence electrons. The number of anilines is 1. The summed E-state index contributed by atoms with van der Waals surface area (Å²) in [6, 6.07) is 6.92. The molecule has 11 heteroatoms. The highest BCUT2D eigenvalue weighted by atomic mass is 19.1. The zero-order chi connectivity index (χ0) is 31.3. The number of nitrogens with zero attached hydrogens (tertiary/aromatic N) is 6. The van der Waals surface area contributed by atoms with Crippen molar-refractivity contribution < 1.29 is 18.3 Å². The number of aryl methyl sites for hydroxylation is 1. The molecule has 9 nitrogen and oxygen atoms in total. The number of hydrogen-bond acceptors (Lipinski definition) is 7. The van der Waals surface area contributed by atoms with Gasteiger partial charge in [-0.2, -0.15) is 4.98 Å². The van der Waals surface area contributed by atoms with Gasteiger partial charge in [-0.3, -0.25) is 9.78 Å². The first kappa shape index (κ1) is 29.4. The number of rotatable bonds is 3. The van der Waals surface area contributed by atoms with E-state index in [1.165, 1.54) is 28.8 Å². The van der Waals surface area contributed by atoms with Crippen LogP contribution in [0.1, 0.15) is 51.3 Å². The van der Waals surface area contributed by atoms with E-state index >= 15 is 8.78 Å². The molecule has 6 rings (SSSR count). The molecule has 0 spiro atoms. The van der Waals surface area contributed by atoms with Gasteiger partial charge in [0.1, 0.15) is 23.1 Å². The van der Waals surface area contributed by atoms with Gasteiger partial charge in [-0.15, -0.1) is 0 Å². The lowest BCUT2D eigenvalue weighted by molar-refractivity contribution is -0.129. The van der Waals surface area contributed by atoms with Crippen LogP contribution in [0.15, 0.2) is 54.0 Å². The van der Waals surface area contributed by atoms with Crippen LogP contribution in [0.3, 0.4) is 0 Å². The maximum atomic E-state index is 16.2. The fourth-order valence-electron chi connectivity index (χ4n) is 6.27. The average molecular weight is 601 g/mol. The second kappa shape index (κ2) is 11.4. The van der Waals surface area contributed by atoms with E-state index in [0.29, 0.717) is 37.3 Å². The van der Waals surface area contributed by atoms with E-state index < -0.39 is 17.3 Å². The quantitative estimate of drug-likeness (QED) is 0.299. The van der Waals surface area contributed by atoms with E-state index in [4.69, 9.17) is 9.72 Å². The van der Waals surface area contributed by atoms with E-state index in [-0.39, 0.29) is 64.4 Å². The Labute approximate surface area is 253 Å². The molecule has 0 unspecified atom stereocenters. The predicted octanol–water partition coefficient (Wildman–Crippen LogP) is 5.18. The van der Waals surface area contributed by atoms with Crippen molar-refractivity contribution in [3.63, 3.8) is 0 Å². The Kier molecular flexibility index (Phi) is 7.65. The average Bonchev–Trinajstić information content (AvgIpc) is 2.99. The Morgan fingerprint density at radius 2 is 1.91 bits per heavy atom. The number of ether oxygens (including phenoxy) is 1. The molecule has 2 bridgehead atoms. The zero-order valence-electron chi connectivity index (χ0n) is 25.2. The molecule has 1 fully saturated rings. The molecule has 4 aromatic rings. The number of fused-ring (bicyclic) bond motifs is 5. The van der Waals surface area contributed by atoms with Gasteiger partial charge in [0.05, 0.1) is 28.9 Å². The molecule has 1 amide bonds. The van der Waals surface area contributed by atoms with Crippen LogP contribution in [0.5, 0.6) is 5.75 Å². The molecule has 0 N–H and O–H groups in total. The molecule has 0 radical (unpaired) electrons. The van der Waals surface area contributed by atoms with Gasteiger partial charge in [-0.05, 0) is 68.5 Å². The third-order valence-electron chi connectivity index (χ3n) is 8.66. The van der Waals surface area contributed by atoms with Crippen molar-refractivity contribution in [2.45, 2.75) is 58.5 Å². The van der Waals surface area contributed by atoms with Crippen molar-refractivity contribution in [2.75, 3.05) is 24.6 Å². The molecule has 1 aromatic carbocycles. The van der Waals surface area contributed by atoms with Crippen molar-refractivity contribution in [3.8, 4) is 22.7 Å². The first-order valence-corrected chi connectivity index (χ1v) is 14.8. The van der Waals surface area contributed by atoms with Crippen LogP contribution < -0.4 is 15.3 Å². The first-order chi connectivity index (χ1) is 21.1. The van der Waals surface area contributed by atoms with Gasteiger partial charge in [0.15, 0.2) is 11.5 Å². The van der Waals surface area contributed by atoms with Gasteiger partial charge in [-0.25, -0.2) is 23.1 Å². The number of piperazine rings is 1. The highest BCUT2D eigenvalue weighted by Gasteiger charge is 2.35. The second-order valence-electron chi connectivity index (χ2n) is 11.6. The monoisotopic (exact) mass is 600 g/mol. The SMILES string of the molecule is C=CC(=O)N1CCN(c2nc(=O)n3c4nc(c(F)cc24)-c2c(F)cccc2OCCCc2ccnc(C(C)C)c2-3)[C@@H](C)[C@H]1C. The van der Waals surface area contributed by atoms with Gasteiger partial charge < -0.3 is 14.5 Å². The molecule has 2 aliphatic heterocycles. The number of carbonyl (C=O) groups excluding carboxylic acids is 1. The fraction of sp³-hybridized carbons (Fsp3) is 0.364. The van der Waals surface area contributed by atoms with Crippen LogP contribution in [0.2, 0.25) is 0 Å². The third kappa shape index (κ3) is 4.80. The van der Waals surface area contributed by atoms with Gasteiger partial charge in [-0.1, -0.05) is 26.5 Å². The predicted molar refractivity (Wildman–Crippen MR) is 164 cm³/mol. The largest absolute Gasteiger partial charge is 0.493 e. The summed E-state index contributed by atoms with van der Waals surface area (Å²) in [4.78, 5) is 44.2. The van der Waals surface area contributed by atoms with Crippen LogP contribution in [0, 0.1) is 11.6 Å².